The van der Waals surface area contributed by atoms with Gasteiger partial charge in [0.15, 0.2) is 0 Å². The molecule has 0 unspecified atom stereocenters. The molecule has 182 valence electrons. The fourth-order valence-electron chi connectivity index (χ4n) is 4.93. The number of hydrogen-bond donors (Lipinski definition) is 2. The molecular formula is C34H26BNO2. The number of nitrogens with zero attached hydrogens (tertiary/aromatic N) is 1. The van der Waals surface area contributed by atoms with Crippen molar-refractivity contribution in [1.29, 1.82) is 0 Å². The molecule has 6 aromatic carbocycles. The molecule has 0 atom stereocenters. The summed E-state index contributed by atoms with van der Waals surface area (Å²) >= 11 is 0. The molecule has 0 radical (unpaired) electrons. The fraction of sp³-hybridized carbons (Fsp3) is 0. The van der Waals surface area contributed by atoms with Crippen molar-refractivity contribution >= 4 is 40.4 Å². The third-order valence-electron chi connectivity index (χ3n) is 6.87. The van der Waals surface area contributed by atoms with E-state index in [9.17, 15) is 10.0 Å². The second-order valence-electron chi connectivity index (χ2n) is 9.30. The highest BCUT2D eigenvalue weighted by molar-refractivity contribution is 6.58. The second kappa shape index (κ2) is 10.4. The van der Waals surface area contributed by atoms with Crippen LogP contribution in [0.2, 0.25) is 0 Å². The first-order valence-electron chi connectivity index (χ1n) is 12.7. The van der Waals surface area contributed by atoms with Gasteiger partial charge in [-0.3, -0.25) is 0 Å². The Labute approximate surface area is 223 Å². The van der Waals surface area contributed by atoms with E-state index in [1.54, 1.807) is 12.1 Å². The van der Waals surface area contributed by atoms with E-state index in [-0.39, 0.29) is 0 Å². The topological polar surface area (TPSA) is 43.7 Å². The average molecular weight is 491 g/mol. The SMILES string of the molecule is OB(O)c1ccc(N(c2ccc(-c3ccccc3)cc2)c2cc(-c3ccccc3)cc3ccccc23)cc1. The molecule has 0 saturated carbocycles. The number of hydrogen-bond acceptors (Lipinski definition) is 3. The van der Waals surface area contributed by atoms with Crippen LogP contribution in [0.15, 0.2) is 146 Å². The van der Waals surface area contributed by atoms with Crippen molar-refractivity contribution in [2.45, 2.75) is 0 Å². The van der Waals surface area contributed by atoms with E-state index in [1.165, 1.54) is 5.56 Å². The van der Waals surface area contributed by atoms with E-state index in [1.807, 2.05) is 36.4 Å². The average Bonchev–Trinajstić information content (AvgIpc) is 2.99. The van der Waals surface area contributed by atoms with Gasteiger partial charge in [-0.2, -0.15) is 0 Å². The lowest BCUT2D eigenvalue weighted by Crippen LogP contribution is -2.29. The van der Waals surface area contributed by atoms with Crippen molar-refractivity contribution < 1.29 is 10.0 Å². The lowest BCUT2D eigenvalue weighted by atomic mass is 9.80. The van der Waals surface area contributed by atoms with Gasteiger partial charge in [-0.25, -0.2) is 0 Å². The van der Waals surface area contributed by atoms with Crippen LogP contribution in [0.1, 0.15) is 0 Å². The van der Waals surface area contributed by atoms with E-state index in [0.717, 1.165) is 44.5 Å². The van der Waals surface area contributed by atoms with Gasteiger partial charge >= 0.3 is 7.12 Å². The zero-order chi connectivity index (χ0) is 25.9. The van der Waals surface area contributed by atoms with Crippen LogP contribution >= 0.6 is 0 Å². The molecule has 0 amide bonds. The van der Waals surface area contributed by atoms with Crippen molar-refractivity contribution in [3.63, 3.8) is 0 Å². The highest BCUT2D eigenvalue weighted by Crippen LogP contribution is 2.41. The summed E-state index contributed by atoms with van der Waals surface area (Å²) < 4.78 is 0. The summed E-state index contributed by atoms with van der Waals surface area (Å²) in [4.78, 5) is 2.23. The van der Waals surface area contributed by atoms with Gasteiger partial charge in [0, 0.05) is 16.8 Å². The summed E-state index contributed by atoms with van der Waals surface area (Å²) in [6.45, 7) is 0. The number of rotatable bonds is 6. The largest absolute Gasteiger partial charge is 0.488 e. The van der Waals surface area contributed by atoms with Gasteiger partial charge in [-0.05, 0) is 69.5 Å². The van der Waals surface area contributed by atoms with E-state index in [4.69, 9.17) is 0 Å². The van der Waals surface area contributed by atoms with Crippen molar-refractivity contribution in [3.8, 4) is 22.3 Å². The summed E-state index contributed by atoms with van der Waals surface area (Å²) in [5.41, 5.74) is 8.04. The first kappa shape index (κ1) is 23.7. The van der Waals surface area contributed by atoms with Crippen LogP contribution in [0.4, 0.5) is 17.1 Å². The predicted octanol–water partition coefficient (Wildman–Crippen LogP) is 7.32. The number of fused-ring (bicyclic) bond motifs is 1. The van der Waals surface area contributed by atoms with Crippen molar-refractivity contribution in [2.24, 2.45) is 0 Å². The zero-order valence-electron chi connectivity index (χ0n) is 20.8. The van der Waals surface area contributed by atoms with Crippen LogP contribution in [-0.2, 0) is 0 Å². The van der Waals surface area contributed by atoms with Gasteiger partial charge in [0.2, 0.25) is 0 Å². The van der Waals surface area contributed by atoms with Crippen LogP contribution in [-0.4, -0.2) is 17.2 Å². The predicted molar refractivity (Wildman–Crippen MR) is 159 cm³/mol. The summed E-state index contributed by atoms with van der Waals surface area (Å²) in [6.07, 6.45) is 0. The van der Waals surface area contributed by atoms with Crippen LogP contribution in [0.5, 0.6) is 0 Å². The molecule has 6 rings (SSSR count). The molecule has 0 aliphatic carbocycles. The Morgan fingerprint density at radius 1 is 0.447 bits per heavy atom. The zero-order valence-corrected chi connectivity index (χ0v) is 20.8. The first-order chi connectivity index (χ1) is 18.7. The van der Waals surface area contributed by atoms with Crippen LogP contribution in [0.3, 0.4) is 0 Å². The minimum absolute atomic E-state index is 0.455. The van der Waals surface area contributed by atoms with Crippen molar-refractivity contribution in [2.75, 3.05) is 4.90 Å². The normalized spacial score (nSPS) is 10.9. The Kier molecular flexibility index (Phi) is 6.49. The Bertz CT molecular complexity index is 1670. The Balaban J connectivity index is 1.55. The maximum absolute atomic E-state index is 9.67. The summed E-state index contributed by atoms with van der Waals surface area (Å²) in [5, 5.41) is 21.6. The highest BCUT2D eigenvalue weighted by atomic mass is 16.4. The molecule has 0 fully saturated rings. The molecule has 0 saturated heterocycles. The fourth-order valence-corrected chi connectivity index (χ4v) is 4.93. The van der Waals surface area contributed by atoms with Crippen molar-refractivity contribution in [1.82, 2.24) is 0 Å². The van der Waals surface area contributed by atoms with Crippen LogP contribution in [0.25, 0.3) is 33.0 Å². The molecule has 0 aliphatic heterocycles. The molecule has 38 heavy (non-hydrogen) atoms. The second-order valence-corrected chi connectivity index (χ2v) is 9.30. The van der Waals surface area contributed by atoms with Gasteiger partial charge in [0.25, 0.3) is 0 Å². The van der Waals surface area contributed by atoms with E-state index in [0.29, 0.717) is 5.46 Å². The van der Waals surface area contributed by atoms with E-state index in [2.05, 4.69) is 102 Å². The van der Waals surface area contributed by atoms with Gasteiger partial charge in [0.05, 0.1) is 5.69 Å². The van der Waals surface area contributed by atoms with Crippen LogP contribution in [0, 0.1) is 0 Å². The quantitative estimate of drug-likeness (QED) is 0.240. The van der Waals surface area contributed by atoms with Gasteiger partial charge in [-0.15, -0.1) is 0 Å². The van der Waals surface area contributed by atoms with E-state index >= 15 is 0 Å². The molecule has 4 heteroatoms. The molecule has 6 aromatic rings. The molecule has 2 N–H and O–H groups in total. The molecule has 0 spiro atoms. The molecule has 0 bridgehead atoms. The standard InChI is InChI=1S/C34H26BNO2/c37-35(38)30-17-21-32(22-18-30)36(31-19-15-27(16-20-31)25-9-3-1-4-10-25)34-24-29(26-11-5-2-6-12-26)23-28-13-7-8-14-33(28)34/h1-24,37-38H. The van der Waals surface area contributed by atoms with Gasteiger partial charge in [0.1, 0.15) is 0 Å². The van der Waals surface area contributed by atoms with Gasteiger partial charge < -0.3 is 14.9 Å². The molecule has 0 aromatic heterocycles. The first-order valence-corrected chi connectivity index (χ1v) is 12.7. The molecule has 0 heterocycles. The Hall–Kier alpha value is -4.64. The third kappa shape index (κ3) is 4.71. The monoisotopic (exact) mass is 491 g/mol. The number of anilines is 3. The summed E-state index contributed by atoms with van der Waals surface area (Å²) in [7, 11) is -1.51. The molecule has 0 aliphatic rings. The van der Waals surface area contributed by atoms with Gasteiger partial charge in [-0.1, -0.05) is 109 Å². The highest BCUT2D eigenvalue weighted by Gasteiger charge is 2.18. The third-order valence-corrected chi connectivity index (χ3v) is 6.87. The summed E-state index contributed by atoms with van der Waals surface area (Å²) in [6, 6.07) is 49.6. The molecular weight excluding hydrogens is 465 g/mol. The summed E-state index contributed by atoms with van der Waals surface area (Å²) in [5.74, 6) is 0. The van der Waals surface area contributed by atoms with Crippen LogP contribution < -0.4 is 10.4 Å². The maximum Gasteiger partial charge on any atom is 0.488 e. The Morgan fingerprint density at radius 2 is 0.947 bits per heavy atom. The maximum atomic E-state index is 9.67. The minimum atomic E-state index is -1.51. The number of benzene rings is 6. The Morgan fingerprint density at radius 3 is 1.55 bits per heavy atom. The lowest BCUT2D eigenvalue weighted by molar-refractivity contribution is 0.426. The lowest BCUT2D eigenvalue weighted by Gasteiger charge is -2.28. The van der Waals surface area contributed by atoms with Crippen molar-refractivity contribution in [3.05, 3.63) is 146 Å². The van der Waals surface area contributed by atoms with E-state index < -0.39 is 7.12 Å². The minimum Gasteiger partial charge on any atom is -0.423 e. The smallest absolute Gasteiger partial charge is 0.423 e. The molecule has 3 nitrogen and oxygen atoms in total.